The molecule has 0 saturated heterocycles. The monoisotopic (exact) mass is 161 g/mol. The third kappa shape index (κ3) is 7.46. The molecule has 0 spiro atoms. The van der Waals surface area contributed by atoms with Crippen molar-refractivity contribution in [1.29, 1.82) is 0 Å². The summed E-state index contributed by atoms with van der Waals surface area (Å²) in [5, 5.41) is 0. The molecule has 0 amide bonds. The molecule has 0 aromatic heterocycles. The molecule has 0 saturated carbocycles. The molecule has 0 fully saturated rings. The van der Waals surface area contributed by atoms with Gasteiger partial charge < -0.3 is 29.2 Å². The Kier molecular flexibility index (Phi) is 9.02. The van der Waals surface area contributed by atoms with Gasteiger partial charge in [0.15, 0.2) is 0 Å². The van der Waals surface area contributed by atoms with Crippen molar-refractivity contribution in [1.82, 2.24) is 4.31 Å². The van der Waals surface area contributed by atoms with E-state index in [-0.39, 0.29) is 29.6 Å². The van der Waals surface area contributed by atoms with Crippen LogP contribution in [0.1, 0.15) is 0 Å². The number of thiocarbonyl (C=S) groups is 1. The maximum absolute atomic E-state index is 4.48. The third-order valence-corrected chi connectivity index (χ3v) is 1.28. The molecule has 1 nitrogen and oxygen atoms in total. The predicted molar refractivity (Wildman–Crippen MR) is 36.7 cm³/mol. The van der Waals surface area contributed by atoms with Crippen LogP contribution in [0.4, 0.5) is 0 Å². The van der Waals surface area contributed by atoms with Crippen molar-refractivity contribution < 1.29 is 29.6 Å². The molecule has 0 heterocycles. The molecule has 0 unspecified atom stereocenters. The molecule has 0 bridgehead atoms. The normalized spacial score (nSPS) is 6.57. The summed E-state index contributed by atoms with van der Waals surface area (Å²) in [5.74, 6) is 0. The van der Waals surface area contributed by atoms with Gasteiger partial charge in [-0.1, -0.05) is 17.1 Å². The van der Waals surface area contributed by atoms with E-state index < -0.39 is 0 Å². The van der Waals surface area contributed by atoms with Gasteiger partial charge in [0, 0.05) is 7.05 Å². The Morgan fingerprint density at radius 1 is 1.86 bits per heavy atom. The molecule has 0 aliphatic heterocycles. The second kappa shape index (κ2) is 5.59. The molecule has 0 aromatic carbocycles. The Morgan fingerprint density at radius 2 is 2.00 bits per heavy atom. The molecule has 0 aliphatic rings. The molecule has 0 aromatic rings. The SMILES string of the molecule is CN(S)C(=S)[S-].[Na+]. The first-order valence-corrected chi connectivity index (χ1v) is 2.50. The average Bonchev–Trinajstić information content (AvgIpc) is 1.36. The van der Waals surface area contributed by atoms with Crippen LogP contribution in [0.5, 0.6) is 0 Å². The first-order chi connectivity index (χ1) is 2.64. The predicted octanol–water partition coefficient (Wildman–Crippen LogP) is -2.40. The van der Waals surface area contributed by atoms with E-state index in [1.807, 2.05) is 0 Å². The molecule has 7 heavy (non-hydrogen) atoms. The van der Waals surface area contributed by atoms with Crippen molar-refractivity contribution in [2.45, 2.75) is 0 Å². The summed E-state index contributed by atoms with van der Waals surface area (Å²) in [6.07, 6.45) is 0. The van der Waals surface area contributed by atoms with Gasteiger partial charge in [0.05, 0.1) is 0 Å². The Labute approximate surface area is 82.1 Å². The topological polar surface area (TPSA) is 3.24 Å². The molecule has 0 rings (SSSR count). The fourth-order valence-electron chi connectivity index (χ4n) is 0. The first kappa shape index (κ1) is 11.3. The zero-order valence-corrected chi connectivity index (χ0v) is 8.74. The van der Waals surface area contributed by atoms with Crippen LogP contribution in [0.2, 0.25) is 0 Å². The van der Waals surface area contributed by atoms with Crippen molar-refractivity contribution in [3.63, 3.8) is 0 Å². The van der Waals surface area contributed by atoms with E-state index in [9.17, 15) is 0 Å². The van der Waals surface area contributed by atoms with E-state index in [2.05, 4.69) is 37.7 Å². The van der Waals surface area contributed by atoms with Crippen LogP contribution < -0.4 is 29.6 Å². The van der Waals surface area contributed by atoms with E-state index in [4.69, 9.17) is 0 Å². The van der Waals surface area contributed by atoms with Gasteiger partial charge in [-0.3, -0.25) is 0 Å². The van der Waals surface area contributed by atoms with Crippen LogP contribution in [0.3, 0.4) is 0 Å². The van der Waals surface area contributed by atoms with Crippen LogP contribution in [-0.2, 0) is 12.6 Å². The van der Waals surface area contributed by atoms with Gasteiger partial charge in [-0.2, -0.15) is 0 Å². The first-order valence-electron chi connectivity index (χ1n) is 1.28. The number of thiol groups is 1. The minimum absolute atomic E-state index is 0. The number of rotatable bonds is 0. The van der Waals surface area contributed by atoms with E-state index >= 15 is 0 Å². The summed E-state index contributed by atoms with van der Waals surface area (Å²) in [4.78, 5) is 0. The van der Waals surface area contributed by atoms with E-state index in [1.54, 1.807) is 7.05 Å². The van der Waals surface area contributed by atoms with Gasteiger partial charge >= 0.3 is 29.6 Å². The van der Waals surface area contributed by atoms with Crippen molar-refractivity contribution >= 4 is 42.0 Å². The summed E-state index contributed by atoms with van der Waals surface area (Å²) in [7, 11) is 1.69. The van der Waals surface area contributed by atoms with Crippen LogP contribution in [0, 0.1) is 0 Å². The van der Waals surface area contributed by atoms with Crippen molar-refractivity contribution in [3.05, 3.63) is 0 Å². The molecule has 36 valence electrons. The second-order valence-corrected chi connectivity index (χ2v) is 2.42. The van der Waals surface area contributed by atoms with Crippen molar-refractivity contribution in [2.75, 3.05) is 7.05 Å². The Morgan fingerprint density at radius 3 is 2.00 bits per heavy atom. The summed E-state index contributed by atoms with van der Waals surface area (Å²) >= 11 is 12.7. The van der Waals surface area contributed by atoms with E-state index in [0.717, 1.165) is 0 Å². The Bertz CT molecular complexity index is 64.0. The van der Waals surface area contributed by atoms with Crippen LogP contribution >= 0.6 is 25.0 Å². The molecule has 0 aliphatic carbocycles. The van der Waals surface area contributed by atoms with E-state index in [0.29, 0.717) is 4.32 Å². The van der Waals surface area contributed by atoms with E-state index in [1.165, 1.54) is 4.31 Å². The number of hydrogen-bond acceptors (Lipinski definition) is 3. The Balaban J connectivity index is 0. The number of hydrogen-bond donors (Lipinski definition) is 1. The summed E-state index contributed by atoms with van der Waals surface area (Å²) < 4.78 is 1.78. The standard InChI is InChI=1S/C2H5NS3.Na/c1-3(6)2(4)5;/h6H,1H3,(H,4,5);/q;+1/p-1. The summed E-state index contributed by atoms with van der Waals surface area (Å²) in [6.45, 7) is 0. The fraction of sp³-hybridized carbons (Fsp3) is 0.500. The molecular weight excluding hydrogens is 157 g/mol. The average molecular weight is 161 g/mol. The zero-order chi connectivity index (χ0) is 5.15. The molecule has 0 radical (unpaired) electrons. The maximum atomic E-state index is 4.48. The van der Waals surface area contributed by atoms with Gasteiger partial charge in [-0.25, -0.2) is 0 Å². The van der Waals surface area contributed by atoms with Gasteiger partial charge in [0.25, 0.3) is 0 Å². The van der Waals surface area contributed by atoms with Crippen molar-refractivity contribution in [2.24, 2.45) is 0 Å². The van der Waals surface area contributed by atoms with Gasteiger partial charge in [0.2, 0.25) is 0 Å². The Hall–Kier alpha value is 1.46. The minimum atomic E-state index is 0. The van der Waals surface area contributed by atoms with Gasteiger partial charge in [0.1, 0.15) is 0 Å². The molecule has 0 N–H and O–H groups in total. The molecular formula is C2H4NNaS3. The quantitative estimate of drug-likeness (QED) is 0.183. The smallest absolute Gasteiger partial charge is 0.410 e. The zero-order valence-electron chi connectivity index (χ0n) is 4.21. The molecule has 5 heteroatoms. The summed E-state index contributed by atoms with van der Waals surface area (Å²) in [6, 6.07) is 0. The second-order valence-electron chi connectivity index (χ2n) is 0.790. The third-order valence-electron chi connectivity index (χ3n) is 0.264. The molecule has 0 atom stereocenters. The van der Waals surface area contributed by atoms with Crippen LogP contribution in [0.25, 0.3) is 0 Å². The van der Waals surface area contributed by atoms with Crippen LogP contribution in [-0.4, -0.2) is 15.7 Å². The van der Waals surface area contributed by atoms with Gasteiger partial charge in [-0.05, 0) is 0 Å². The van der Waals surface area contributed by atoms with Crippen LogP contribution in [0.15, 0.2) is 0 Å². The van der Waals surface area contributed by atoms with Gasteiger partial charge in [-0.15, -0.1) is 0 Å². The fourth-order valence-corrected chi connectivity index (χ4v) is 0. The largest absolute Gasteiger partial charge is 1.00 e. The summed E-state index contributed by atoms with van der Waals surface area (Å²) in [5.41, 5.74) is 0. The maximum Gasteiger partial charge on any atom is 1.00 e. The van der Waals surface area contributed by atoms with Crippen molar-refractivity contribution in [3.8, 4) is 0 Å². The minimum Gasteiger partial charge on any atom is -0.410 e. The number of nitrogens with zero attached hydrogens (tertiary/aromatic N) is 1.